The maximum absolute atomic E-state index is 12.6. The van der Waals surface area contributed by atoms with E-state index in [4.69, 9.17) is 4.74 Å². The van der Waals surface area contributed by atoms with Crippen LogP contribution in [0.25, 0.3) is 0 Å². The molecule has 2 fully saturated rings. The van der Waals surface area contributed by atoms with Crippen LogP contribution >= 0.6 is 0 Å². The van der Waals surface area contributed by atoms with Crippen molar-refractivity contribution < 1.29 is 9.53 Å². The number of rotatable bonds is 5. The Morgan fingerprint density at radius 2 is 1.96 bits per heavy atom. The molecule has 0 aromatic carbocycles. The number of aromatic nitrogens is 1. The lowest BCUT2D eigenvalue weighted by Gasteiger charge is -2.28. The Morgan fingerprint density at radius 3 is 2.65 bits per heavy atom. The fourth-order valence-electron chi connectivity index (χ4n) is 3.91. The molecule has 1 N–H and O–H groups in total. The first kappa shape index (κ1) is 16.4. The van der Waals surface area contributed by atoms with E-state index in [9.17, 15) is 4.79 Å². The van der Waals surface area contributed by atoms with Gasteiger partial charge in [0.25, 0.3) is 0 Å². The average Bonchev–Trinajstić information content (AvgIpc) is 3.02. The van der Waals surface area contributed by atoms with E-state index in [1.54, 1.807) is 0 Å². The first-order chi connectivity index (χ1) is 11.3. The van der Waals surface area contributed by atoms with E-state index >= 15 is 0 Å². The van der Waals surface area contributed by atoms with Crippen LogP contribution in [0.3, 0.4) is 0 Å². The summed E-state index contributed by atoms with van der Waals surface area (Å²) in [4.78, 5) is 16.6. The minimum absolute atomic E-state index is 0.152. The predicted molar refractivity (Wildman–Crippen MR) is 89.9 cm³/mol. The van der Waals surface area contributed by atoms with Gasteiger partial charge in [-0.1, -0.05) is 13.3 Å². The molecule has 0 radical (unpaired) electrons. The summed E-state index contributed by atoms with van der Waals surface area (Å²) in [6.45, 7) is 3.63. The Morgan fingerprint density at radius 1 is 1.22 bits per heavy atom. The highest BCUT2D eigenvalue weighted by Gasteiger charge is 2.32. The van der Waals surface area contributed by atoms with Gasteiger partial charge in [0.15, 0.2) is 0 Å². The first-order valence-corrected chi connectivity index (χ1v) is 9.03. The third kappa shape index (κ3) is 4.31. The molecular formula is C19H28N2O2. The Bertz CT molecular complexity index is 497. The second-order valence-electron chi connectivity index (χ2n) is 7.10. The fourth-order valence-corrected chi connectivity index (χ4v) is 3.91. The number of carbonyl (C=O) groups excluding carboxylic acids is 1. The van der Waals surface area contributed by atoms with E-state index in [2.05, 4.69) is 17.2 Å². The zero-order valence-corrected chi connectivity index (χ0v) is 14.0. The largest absolute Gasteiger partial charge is 0.379 e. The van der Waals surface area contributed by atoms with Gasteiger partial charge >= 0.3 is 0 Å². The molecule has 23 heavy (non-hydrogen) atoms. The lowest BCUT2D eigenvalue weighted by atomic mass is 9.80. The van der Waals surface area contributed by atoms with Crippen LogP contribution in [0.5, 0.6) is 0 Å². The fraction of sp³-hybridized carbons (Fsp3) is 0.684. The number of hydrogen-bond acceptors (Lipinski definition) is 3. The molecule has 2 aliphatic rings. The van der Waals surface area contributed by atoms with Crippen molar-refractivity contribution >= 4 is 5.91 Å². The van der Waals surface area contributed by atoms with Gasteiger partial charge in [0.1, 0.15) is 0 Å². The smallest absolute Gasteiger partial charge is 0.223 e. The molecule has 0 bridgehead atoms. The van der Waals surface area contributed by atoms with Crippen molar-refractivity contribution in [3.8, 4) is 0 Å². The number of amides is 1. The summed E-state index contributed by atoms with van der Waals surface area (Å²) in [5.74, 6) is 1.65. The molecule has 1 saturated heterocycles. The summed E-state index contributed by atoms with van der Waals surface area (Å²) < 4.78 is 5.63. The van der Waals surface area contributed by atoms with Gasteiger partial charge in [-0.2, -0.15) is 0 Å². The Hall–Kier alpha value is -1.42. The van der Waals surface area contributed by atoms with Crippen LogP contribution in [0.1, 0.15) is 44.6 Å². The van der Waals surface area contributed by atoms with Crippen LogP contribution in [0, 0.1) is 17.8 Å². The second kappa shape index (κ2) is 7.91. The number of hydrogen-bond donors (Lipinski definition) is 1. The SMILES string of the molecule is CCC1CCC(C(=O)N[C@H]2COC[C@H]2Cc2ccncc2)CC1. The quantitative estimate of drug-likeness (QED) is 0.908. The normalized spacial score (nSPS) is 31.0. The van der Waals surface area contributed by atoms with Crippen molar-refractivity contribution in [1.29, 1.82) is 0 Å². The number of pyridine rings is 1. The van der Waals surface area contributed by atoms with Crippen molar-refractivity contribution in [3.05, 3.63) is 30.1 Å². The maximum Gasteiger partial charge on any atom is 0.223 e. The van der Waals surface area contributed by atoms with Gasteiger partial charge in [-0.05, 0) is 55.7 Å². The number of carbonyl (C=O) groups is 1. The number of ether oxygens (including phenoxy) is 1. The van der Waals surface area contributed by atoms with Gasteiger partial charge in [0, 0.05) is 24.2 Å². The minimum atomic E-state index is 0.152. The molecule has 1 amide bonds. The number of nitrogens with zero attached hydrogens (tertiary/aromatic N) is 1. The number of nitrogens with one attached hydrogen (secondary N) is 1. The molecule has 0 unspecified atom stereocenters. The van der Waals surface area contributed by atoms with E-state index in [-0.39, 0.29) is 17.9 Å². The van der Waals surface area contributed by atoms with Gasteiger partial charge in [0.2, 0.25) is 5.91 Å². The van der Waals surface area contributed by atoms with E-state index in [0.29, 0.717) is 12.5 Å². The summed E-state index contributed by atoms with van der Waals surface area (Å²) >= 11 is 0. The molecule has 0 spiro atoms. The van der Waals surface area contributed by atoms with E-state index in [1.807, 2.05) is 24.5 Å². The van der Waals surface area contributed by atoms with Gasteiger partial charge in [-0.25, -0.2) is 0 Å². The van der Waals surface area contributed by atoms with Crippen LogP contribution in [0.15, 0.2) is 24.5 Å². The van der Waals surface area contributed by atoms with Gasteiger partial charge in [-0.15, -0.1) is 0 Å². The third-order valence-corrected chi connectivity index (χ3v) is 5.57. The first-order valence-electron chi connectivity index (χ1n) is 9.03. The average molecular weight is 316 g/mol. The lowest BCUT2D eigenvalue weighted by Crippen LogP contribution is -2.44. The zero-order valence-electron chi connectivity index (χ0n) is 14.0. The summed E-state index contributed by atoms with van der Waals surface area (Å²) in [5.41, 5.74) is 1.26. The van der Waals surface area contributed by atoms with Crippen LogP contribution in [0.2, 0.25) is 0 Å². The molecule has 4 nitrogen and oxygen atoms in total. The topological polar surface area (TPSA) is 51.2 Å². The van der Waals surface area contributed by atoms with E-state index in [1.165, 1.54) is 24.8 Å². The Kier molecular flexibility index (Phi) is 5.65. The summed E-state index contributed by atoms with van der Waals surface area (Å²) in [5, 5.41) is 3.27. The lowest BCUT2D eigenvalue weighted by molar-refractivity contribution is -0.127. The minimum Gasteiger partial charge on any atom is -0.379 e. The Labute approximate surface area is 139 Å². The van der Waals surface area contributed by atoms with Crippen LogP contribution in [-0.4, -0.2) is 30.1 Å². The van der Waals surface area contributed by atoms with Gasteiger partial charge < -0.3 is 10.1 Å². The van der Waals surface area contributed by atoms with Gasteiger partial charge in [0.05, 0.1) is 19.3 Å². The molecular weight excluding hydrogens is 288 g/mol. The van der Waals surface area contributed by atoms with Crippen LogP contribution < -0.4 is 5.32 Å². The molecule has 1 aliphatic carbocycles. The second-order valence-corrected chi connectivity index (χ2v) is 7.10. The molecule has 4 heteroatoms. The van der Waals surface area contributed by atoms with Crippen LogP contribution in [-0.2, 0) is 16.0 Å². The highest BCUT2D eigenvalue weighted by molar-refractivity contribution is 5.79. The van der Waals surface area contributed by atoms with Crippen molar-refractivity contribution in [2.45, 2.75) is 51.5 Å². The summed E-state index contributed by atoms with van der Waals surface area (Å²) in [6, 6.07) is 4.24. The summed E-state index contributed by atoms with van der Waals surface area (Å²) in [7, 11) is 0. The van der Waals surface area contributed by atoms with Crippen LogP contribution in [0.4, 0.5) is 0 Å². The van der Waals surface area contributed by atoms with Crippen molar-refractivity contribution in [1.82, 2.24) is 10.3 Å². The monoisotopic (exact) mass is 316 g/mol. The van der Waals surface area contributed by atoms with E-state index < -0.39 is 0 Å². The molecule has 126 valence electrons. The molecule has 1 aromatic rings. The zero-order chi connectivity index (χ0) is 16.1. The Balaban J connectivity index is 1.51. The summed E-state index contributed by atoms with van der Waals surface area (Å²) in [6.07, 6.45) is 10.3. The molecule has 1 aliphatic heterocycles. The molecule has 2 heterocycles. The highest BCUT2D eigenvalue weighted by atomic mass is 16.5. The predicted octanol–water partition coefficient (Wildman–Crippen LogP) is 2.97. The molecule has 1 aromatic heterocycles. The van der Waals surface area contributed by atoms with Gasteiger partial charge in [-0.3, -0.25) is 9.78 Å². The van der Waals surface area contributed by atoms with Crippen molar-refractivity contribution in [3.63, 3.8) is 0 Å². The van der Waals surface area contributed by atoms with Crippen molar-refractivity contribution in [2.24, 2.45) is 17.8 Å². The van der Waals surface area contributed by atoms with E-state index in [0.717, 1.165) is 31.8 Å². The molecule has 2 atom stereocenters. The third-order valence-electron chi connectivity index (χ3n) is 5.57. The van der Waals surface area contributed by atoms with Crippen molar-refractivity contribution in [2.75, 3.05) is 13.2 Å². The molecule has 1 saturated carbocycles. The standard InChI is InChI=1S/C19H28N2O2/c1-2-14-3-5-16(6-4-14)19(22)21-18-13-23-12-17(18)11-15-7-9-20-10-8-15/h7-10,14,16-18H,2-6,11-13H2,1H3,(H,21,22)/t14?,16?,17-,18+/m1/s1. The maximum atomic E-state index is 12.6. The molecule has 3 rings (SSSR count). The highest BCUT2D eigenvalue weighted by Crippen LogP contribution is 2.31.